The first-order valence-corrected chi connectivity index (χ1v) is 8.94. The lowest BCUT2D eigenvalue weighted by molar-refractivity contribution is -0.137. The van der Waals surface area contributed by atoms with Crippen LogP contribution in [0.3, 0.4) is 0 Å². The third-order valence-electron chi connectivity index (χ3n) is 4.56. The lowest BCUT2D eigenvalue weighted by Crippen LogP contribution is -2.41. The van der Waals surface area contributed by atoms with Gasteiger partial charge >= 0.3 is 6.18 Å². The van der Waals surface area contributed by atoms with Crippen LogP contribution >= 0.6 is 11.6 Å². The fourth-order valence-electron chi connectivity index (χ4n) is 3.16. The third-order valence-corrected chi connectivity index (χ3v) is 4.79. The number of amides is 1. The van der Waals surface area contributed by atoms with Gasteiger partial charge in [0, 0.05) is 25.0 Å². The summed E-state index contributed by atoms with van der Waals surface area (Å²) in [6.07, 6.45) is -1.92. The van der Waals surface area contributed by atoms with E-state index in [0.29, 0.717) is 35.9 Å². The van der Waals surface area contributed by atoms with E-state index in [1.807, 2.05) is 0 Å². The van der Waals surface area contributed by atoms with Crippen LogP contribution in [0, 0.1) is 17.2 Å². The van der Waals surface area contributed by atoms with Gasteiger partial charge in [0.1, 0.15) is 5.82 Å². The van der Waals surface area contributed by atoms with Gasteiger partial charge in [0.2, 0.25) is 5.91 Å². The van der Waals surface area contributed by atoms with Crippen molar-refractivity contribution in [3.05, 3.63) is 52.7 Å². The van der Waals surface area contributed by atoms with Gasteiger partial charge in [-0.05, 0) is 43.2 Å². The highest BCUT2D eigenvalue weighted by Gasteiger charge is 2.35. The number of piperidine rings is 1. The molecule has 0 saturated carbocycles. The Morgan fingerprint density at radius 3 is 2.75 bits per heavy atom. The monoisotopic (exact) mass is 408 g/mol. The normalized spacial score (nSPS) is 17.1. The summed E-state index contributed by atoms with van der Waals surface area (Å²) in [5.74, 6) is -0.273. The van der Waals surface area contributed by atoms with Crippen LogP contribution in [0.5, 0.6) is 0 Å². The predicted molar refractivity (Wildman–Crippen MR) is 99.0 cm³/mol. The minimum atomic E-state index is -4.62. The number of benzene rings is 1. The molecule has 1 aromatic heterocycles. The second-order valence-corrected chi connectivity index (χ2v) is 6.91. The van der Waals surface area contributed by atoms with Gasteiger partial charge in [-0.15, -0.1) is 0 Å². The molecular weight excluding hydrogens is 393 g/mol. The molecule has 1 N–H and O–H groups in total. The molecule has 1 aromatic carbocycles. The van der Waals surface area contributed by atoms with E-state index >= 15 is 0 Å². The minimum Gasteiger partial charge on any atom is -0.371 e. The van der Waals surface area contributed by atoms with Crippen molar-refractivity contribution in [3.63, 3.8) is 0 Å². The zero-order valence-electron chi connectivity index (χ0n) is 14.6. The molecule has 1 amide bonds. The molecule has 1 aliphatic heterocycles. The SMILES string of the molecule is N#Cc1ccc(N2CCCC(C(=O)Nc3ccc(Cl)cn3)C2)cc1C(F)(F)F. The molecule has 2 heterocycles. The van der Waals surface area contributed by atoms with Gasteiger partial charge in [0.15, 0.2) is 0 Å². The standard InChI is InChI=1S/C19H16ClF3N4O/c20-14-4-6-17(25-10-14)26-18(28)13-2-1-7-27(11-13)15-5-3-12(9-24)16(8-15)19(21,22)23/h3-6,8,10,13H,1-2,7,11H2,(H,25,26,28). The smallest absolute Gasteiger partial charge is 0.371 e. The number of hydrogen-bond donors (Lipinski definition) is 1. The molecule has 5 nitrogen and oxygen atoms in total. The van der Waals surface area contributed by atoms with Crippen molar-refractivity contribution in [1.82, 2.24) is 4.98 Å². The molecule has 2 aromatic rings. The number of carbonyl (C=O) groups excluding carboxylic acids is 1. The zero-order valence-corrected chi connectivity index (χ0v) is 15.4. The van der Waals surface area contributed by atoms with Crippen LogP contribution < -0.4 is 10.2 Å². The van der Waals surface area contributed by atoms with E-state index in [0.717, 1.165) is 6.07 Å². The van der Waals surface area contributed by atoms with Gasteiger partial charge < -0.3 is 10.2 Å². The van der Waals surface area contributed by atoms with Gasteiger partial charge in [0.25, 0.3) is 0 Å². The Hall–Kier alpha value is -2.79. The zero-order chi connectivity index (χ0) is 20.3. The molecule has 0 spiro atoms. The van der Waals surface area contributed by atoms with Crippen molar-refractivity contribution in [3.8, 4) is 6.07 Å². The maximum Gasteiger partial charge on any atom is 0.417 e. The Balaban J connectivity index is 1.75. The number of hydrogen-bond acceptors (Lipinski definition) is 4. The number of pyridine rings is 1. The van der Waals surface area contributed by atoms with Crippen LogP contribution in [-0.4, -0.2) is 24.0 Å². The van der Waals surface area contributed by atoms with Crippen molar-refractivity contribution in [2.45, 2.75) is 19.0 Å². The maximum atomic E-state index is 13.2. The Bertz CT molecular complexity index is 909. The Morgan fingerprint density at radius 1 is 1.32 bits per heavy atom. The van der Waals surface area contributed by atoms with Gasteiger partial charge in [-0.3, -0.25) is 4.79 Å². The first kappa shape index (κ1) is 20.0. The molecular formula is C19H16ClF3N4O. The van der Waals surface area contributed by atoms with Crippen LogP contribution in [0.25, 0.3) is 0 Å². The highest BCUT2D eigenvalue weighted by atomic mass is 35.5. The van der Waals surface area contributed by atoms with Gasteiger partial charge in [0.05, 0.1) is 28.1 Å². The maximum absolute atomic E-state index is 13.2. The van der Waals surface area contributed by atoms with Crippen molar-refractivity contribution >= 4 is 29.0 Å². The fourth-order valence-corrected chi connectivity index (χ4v) is 3.28. The quantitative estimate of drug-likeness (QED) is 0.813. The lowest BCUT2D eigenvalue weighted by Gasteiger charge is -2.34. The first-order chi connectivity index (χ1) is 13.3. The second-order valence-electron chi connectivity index (χ2n) is 6.48. The lowest BCUT2D eigenvalue weighted by atomic mass is 9.96. The van der Waals surface area contributed by atoms with E-state index in [1.54, 1.807) is 23.1 Å². The van der Waals surface area contributed by atoms with Gasteiger partial charge in [-0.25, -0.2) is 4.98 Å². The summed E-state index contributed by atoms with van der Waals surface area (Å²) in [5.41, 5.74) is -1.05. The van der Waals surface area contributed by atoms with E-state index in [9.17, 15) is 18.0 Å². The molecule has 9 heteroatoms. The number of rotatable bonds is 3. The number of halogens is 4. The average molecular weight is 409 g/mol. The van der Waals surface area contributed by atoms with Gasteiger partial charge in [-0.1, -0.05) is 11.6 Å². The van der Waals surface area contributed by atoms with E-state index < -0.39 is 23.2 Å². The number of alkyl halides is 3. The number of nitrogens with one attached hydrogen (secondary N) is 1. The largest absolute Gasteiger partial charge is 0.417 e. The van der Waals surface area contributed by atoms with Crippen LogP contribution in [0.1, 0.15) is 24.0 Å². The summed E-state index contributed by atoms with van der Waals surface area (Å²) in [5, 5.41) is 12.1. The van der Waals surface area contributed by atoms with E-state index in [1.165, 1.54) is 18.3 Å². The summed E-state index contributed by atoms with van der Waals surface area (Å²) in [6.45, 7) is 0.814. The van der Waals surface area contributed by atoms with Crippen LogP contribution in [0.15, 0.2) is 36.5 Å². The van der Waals surface area contributed by atoms with Crippen molar-refractivity contribution < 1.29 is 18.0 Å². The summed E-state index contributed by atoms with van der Waals surface area (Å²) >= 11 is 5.77. The van der Waals surface area contributed by atoms with Crippen molar-refractivity contribution in [2.75, 3.05) is 23.3 Å². The number of anilines is 2. The number of aromatic nitrogens is 1. The number of carbonyl (C=O) groups is 1. The molecule has 146 valence electrons. The summed E-state index contributed by atoms with van der Waals surface area (Å²) in [6, 6.07) is 8.37. The molecule has 1 saturated heterocycles. The van der Waals surface area contributed by atoms with Gasteiger partial charge in [-0.2, -0.15) is 18.4 Å². The molecule has 1 atom stereocenters. The molecule has 1 unspecified atom stereocenters. The molecule has 1 fully saturated rings. The molecule has 0 aliphatic carbocycles. The highest BCUT2D eigenvalue weighted by Crippen LogP contribution is 2.35. The Morgan fingerprint density at radius 2 is 2.11 bits per heavy atom. The summed E-state index contributed by atoms with van der Waals surface area (Å²) in [4.78, 5) is 18.3. The molecule has 1 aliphatic rings. The van der Waals surface area contributed by atoms with Crippen molar-refractivity contribution in [1.29, 1.82) is 5.26 Å². The summed E-state index contributed by atoms with van der Waals surface area (Å²) in [7, 11) is 0. The minimum absolute atomic E-state index is 0.246. The van der Waals surface area contributed by atoms with E-state index in [2.05, 4.69) is 10.3 Å². The number of nitrogens with zero attached hydrogens (tertiary/aromatic N) is 3. The Labute approximate surface area is 164 Å². The molecule has 3 rings (SSSR count). The van der Waals surface area contributed by atoms with Crippen LogP contribution in [-0.2, 0) is 11.0 Å². The molecule has 0 bridgehead atoms. The predicted octanol–water partition coefficient (Wildman–Crippen LogP) is 4.48. The number of nitriles is 1. The van der Waals surface area contributed by atoms with E-state index in [4.69, 9.17) is 16.9 Å². The topological polar surface area (TPSA) is 69.0 Å². The van der Waals surface area contributed by atoms with Crippen molar-refractivity contribution in [2.24, 2.45) is 5.92 Å². The second kappa shape index (κ2) is 8.07. The molecule has 28 heavy (non-hydrogen) atoms. The van der Waals surface area contributed by atoms with Crippen LogP contribution in [0.2, 0.25) is 5.02 Å². The van der Waals surface area contributed by atoms with Crippen LogP contribution in [0.4, 0.5) is 24.7 Å². The average Bonchev–Trinajstić information content (AvgIpc) is 2.68. The molecule has 0 radical (unpaired) electrons. The fraction of sp³-hybridized carbons (Fsp3) is 0.316. The summed E-state index contributed by atoms with van der Waals surface area (Å²) < 4.78 is 39.6. The van der Waals surface area contributed by atoms with E-state index in [-0.39, 0.29) is 12.5 Å². The highest BCUT2D eigenvalue weighted by molar-refractivity contribution is 6.30. The first-order valence-electron chi connectivity index (χ1n) is 8.56. The third kappa shape index (κ3) is 4.54. The Kier molecular flexibility index (Phi) is 5.75.